The molecule has 0 aliphatic rings. The molecule has 100 valence electrons. The van der Waals surface area contributed by atoms with Crippen molar-refractivity contribution in [2.45, 2.75) is 32.3 Å². The summed E-state index contributed by atoms with van der Waals surface area (Å²) in [6, 6.07) is 4.03. The van der Waals surface area contributed by atoms with Gasteiger partial charge in [-0.2, -0.15) is 0 Å². The molecule has 1 unspecified atom stereocenters. The van der Waals surface area contributed by atoms with Gasteiger partial charge < -0.3 is 15.6 Å². The van der Waals surface area contributed by atoms with E-state index in [1.54, 1.807) is 0 Å². The van der Waals surface area contributed by atoms with Crippen LogP contribution in [-0.2, 0) is 11.2 Å². The van der Waals surface area contributed by atoms with Crippen molar-refractivity contribution in [3.05, 3.63) is 29.6 Å². The van der Waals surface area contributed by atoms with Crippen molar-refractivity contribution in [3.8, 4) is 5.75 Å². The highest BCUT2D eigenvalue weighted by atomic mass is 19.1. The molecule has 0 fully saturated rings. The Labute approximate surface area is 106 Å². The van der Waals surface area contributed by atoms with Crippen LogP contribution in [-0.4, -0.2) is 23.7 Å². The van der Waals surface area contributed by atoms with E-state index in [1.165, 1.54) is 18.2 Å². The second-order valence-corrected chi connectivity index (χ2v) is 4.02. The minimum Gasteiger partial charge on any atom is -0.479 e. The Hall–Kier alpha value is -1.62. The predicted octanol–water partition coefficient (Wildman–Crippen LogP) is 1.96. The summed E-state index contributed by atoms with van der Waals surface area (Å²) >= 11 is 0. The number of benzene rings is 1. The van der Waals surface area contributed by atoms with Crippen LogP contribution < -0.4 is 10.5 Å². The van der Waals surface area contributed by atoms with E-state index in [4.69, 9.17) is 15.6 Å². The van der Waals surface area contributed by atoms with Gasteiger partial charge in [-0.15, -0.1) is 0 Å². The van der Waals surface area contributed by atoms with Gasteiger partial charge in [-0.25, -0.2) is 9.18 Å². The summed E-state index contributed by atoms with van der Waals surface area (Å²) in [6.07, 6.45) is 0.655. The summed E-state index contributed by atoms with van der Waals surface area (Å²) in [5.74, 6) is -1.00. The zero-order valence-electron chi connectivity index (χ0n) is 10.4. The molecule has 0 amide bonds. The number of carboxylic acids is 1. The molecule has 0 saturated heterocycles. The maximum absolute atomic E-state index is 13.1. The Bertz CT molecular complexity index is 409. The third-order valence-electron chi connectivity index (χ3n) is 2.53. The highest BCUT2D eigenvalue weighted by Gasteiger charge is 2.19. The number of ether oxygens (including phenoxy) is 1. The number of hydrogen-bond donors (Lipinski definition) is 2. The Kier molecular flexibility index (Phi) is 5.58. The van der Waals surface area contributed by atoms with Crippen LogP contribution in [0.4, 0.5) is 4.39 Å². The lowest BCUT2D eigenvalue weighted by Crippen LogP contribution is -2.27. The molecule has 5 heteroatoms. The molecular weight excluding hydrogens is 237 g/mol. The molecule has 0 aromatic heterocycles. The first-order valence-electron chi connectivity index (χ1n) is 5.96. The summed E-state index contributed by atoms with van der Waals surface area (Å²) in [5, 5.41) is 9.02. The van der Waals surface area contributed by atoms with Gasteiger partial charge in [0, 0.05) is 0 Å². The molecule has 1 atom stereocenters. The van der Waals surface area contributed by atoms with Crippen molar-refractivity contribution in [2.24, 2.45) is 5.73 Å². The van der Waals surface area contributed by atoms with Crippen LogP contribution in [0.25, 0.3) is 0 Å². The van der Waals surface area contributed by atoms with Crippen LogP contribution in [0.1, 0.15) is 25.3 Å². The van der Waals surface area contributed by atoms with Gasteiger partial charge in [0.1, 0.15) is 11.6 Å². The highest BCUT2D eigenvalue weighted by Crippen LogP contribution is 2.22. The molecule has 0 radical (unpaired) electrons. The van der Waals surface area contributed by atoms with Crippen LogP contribution >= 0.6 is 0 Å². The quantitative estimate of drug-likeness (QED) is 0.781. The first kappa shape index (κ1) is 14.4. The minimum atomic E-state index is -1.01. The molecule has 18 heavy (non-hydrogen) atoms. The number of halogens is 1. The number of carboxylic acid groups (broad SMARTS) is 1. The topological polar surface area (TPSA) is 72.5 Å². The van der Waals surface area contributed by atoms with Crippen molar-refractivity contribution in [1.29, 1.82) is 0 Å². The predicted molar refractivity (Wildman–Crippen MR) is 66.1 cm³/mol. The molecule has 0 heterocycles. The lowest BCUT2D eigenvalue weighted by Gasteiger charge is -2.17. The minimum absolute atomic E-state index is 0.353. The van der Waals surface area contributed by atoms with Crippen LogP contribution in [0.3, 0.4) is 0 Å². The maximum Gasteiger partial charge on any atom is 0.344 e. The van der Waals surface area contributed by atoms with Crippen molar-refractivity contribution < 1.29 is 19.0 Å². The highest BCUT2D eigenvalue weighted by molar-refractivity contribution is 5.72. The molecule has 1 aromatic rings. The standard InChI is InChI=1S/C13H18FNO3/c1-2-3-12(13(16)17)18-11-5-4-10(14)8-9(11)6-7-15/h4-5,8,12H,2-3,6-7,15H2,1H3,(H,16,17). The molecule has 1 rings (SSSR count). The molecule has 1 aromatic carbocycles. The van der Waals surface area contributed by atoms with E-state index in [9.17, 15) is 9.18 Å². The van der Waals surface area contributed by atoms with Crippen LogP contribution in [0.5, 0.6) is 5.75 Å². The molecule has 3 N–H and O–H groups in total. The molecule has 4 nitrogen and oxygen atoms in total. The fourth-order valence-corrected chi connectivity index (χ4v) is 1.66. The van der Waals surface area contributed by atoms with E-state index >= 15 is 0 Å². The summed E-state index contributed by atoms with van der Waals surface area (Å²) < 4.78 is 18.5. The van der Waals surface area contributed by atoms with Gasteiger partial charge in [0.15, 0.2) is 6.10 Å². The average molecular weight is 255 g/mol. The van der Waals surface area contributed by atoms with E-state index in [-0.39, 0.29) is 5.82 Å². The molecule has 0 aliphatic heterocycles. The largest absolute Gasteiger partial charge is 0.479 e. The van der Waals surface area contributed by atoms with Gasteiger partial charge in [0.2, 0.25) is 0 Å². The summed E-state index contributed by atoms with van der Waals surface area (Å²) in [6.45, 7) is 2.23. The van der Waals surface area contributed by atoms with E-state index in [0.29, 0.717) is 37.1 Å². The van der Waals surface area contributed by atoms with E-state index in [1.807, 2.05) is 6.92 Å². The number of hydrogen-bond acceptors (Lipinski definition) is 3. The first-order valence-corrected chi connectivity index (χ1v) is 5.96. The number of aliphatic carboxylic acids is 1. The lowest BCUT2D eigenvalue weighted by molar-refractivity contribution is -0.145. The van der Waals surface area contributed by atoms with Gasteiger partial charge in [-0.3, -0.25) is 0 Å². The van der Waals surface area contributed by atoms with E-state index in [0.717, 1.165) is 0 Å². The van der Waals surface area contributed by atoms with Crippen LogP contribution in [0.15, 0.2) is 18.2 Å². The second-order valence-electron chi connectivity index (χ2n) is 4.02. The second kappa shape index (κ2) is 6.96. The van der Waals surface area contributed by atoms with Crippen molar-refractivity contribution in [2.75, 3.05) is 6.54 Å². The fourth-order valence-electron chi connectivity index (χ4n) is 1.66. The number of rotatable bonds is 7. The maximum atomic E-state index is 13.1. The van der Waals surface area contributed by atoms with Gasteiger partial charge >= 0.3 is 5.97 Å². The SMILES string of the molecule is CCCC(Oc1ccc(F)cc1CCN)C(=O)O. The van der Waals surface area contributed by atoms with Gasteiger partial charge in [-0.05, 0) is 43.1 Å². The van der Waals surface area contributed by atoms with Crippen molar-refractivity contribution in [1.82, 2.24) is 0 Å². The Balaban J connectivity index is 2.90. The number of carbonyl (C=O) groups is 1. The fraction of sp³-hybridized carbons (Fsp3) is 0.462. The molecule has 0 bridgehead atoms. The zero-order valence-corrected chi connectivity index (χ0v) is 10.4. The lowest BCUT2D eigenvalue weighted by atomic mass is 10.1. The summed E-state index contributed by atoms with van der Waals surface area (Å²) in [7, 11) is 0. The molecule has 0 spiro atoms. The first-order chi connectivity index (χ1) is 8.58. The monoisotopic (exact) mass is 255 g/mol. The third-order valence-corrected chi connectivity index (χ3v) is 2.53. The Morgan fingerprint density at radius 3 is 2.83 bits per heavy atom. The number of nitrogens with two attached hydrogens (primary N) is 1. The normalized spacial score (nSPS) is 12.2. The molecule has 0 saturated carbocycles. The average Bonchev–Trinajstić information content (AvgIpc) is 2.31. The Morgan fingerprint density at radius 2 is 2.28 bits per heavy atom. The van der Waals surface area contributed by atoms with Crippen LogP contribution in [0.2, 0.25) is 0 Å². The smallest absolute Gasteiger partial charge is 0.344 e. The molecule has 0 aliphatic carbocycles. The van der Waals surface area contributed by atoms with Crippen molar-refractivity contribution >= 4 is 5.97 Å². The summed E-state index contributed by atoms with van der Waals surface area (Å²) in [5.41, 5.74) is 6.03. The summed E-state index contributed by atoms with van der Waals surface area (Å²) in [4.78, 5) is 11.0. The van der Waals surface area contributed by atoms with Crippen LogP contribution in [0, 0.1) is 5.82 Å². The van der Waals surface area contributed by atoms with E-state index in [2.05, 4.69) is 0 Å². The molecular formula is C13H18FNO3. The third kappa shape index (κ3) is 4.00. The Morgan fingerprint density at radius 1 is 1.56 bits per heavy atom. The van der Waals surface area contributed by atoms with Gasteiger partial charge in [0.25, 0.3) is 0 Å². The van der Waals surface area contributed by atoms with E-state index < -0.39 is 12.1 Å². The van der Waals surface area contributed by atoms with Crippen molar-refractivity contribution in [3.63, 3.8) is 0 Å². The zero-order chi connectivity index (χ0) is 13.5. The van der Waals surface area contributed by atoms with Gasteiger partial charge in [0.05, 0.1) is 0 Å². The van der Waals surface area contributed by atoms with Gasteiger partial charge in [-0.1, -0.05) is 13.3 Å².